The molecule has 1 aliphatic rings. The molecule has 1 saturated carbocycles. The van der Waals surface area contributed by atoms with Gasteiger partial charge in [-0.05, 0) is 43.9 Å². The lowest BCUT2D eigenvalue weighted by molar-refractivity contribution is -0.121. The highest BCUT2D eigenvalue weighted by Gasteiger charge is 2.26. The van der Waals surface area contributed by atoms with Gasteiger partial charge < -0.3 is 19.2 Å². The first-order valence-electron chi connectivity index (χ1n) is 9.54. The number of carbonyl (C=O) groups excluding carboxylic acids is 1. The van der Waals surface area contributed by atoms with E-state index in [4.69, 9.17) is 13.9 Å². The summed E-state index contributed by atoms with van der Waals surface area (Å²) >= 11 is 1.27. The molecular weight excluding hydrogens is 378 g/mol. The number of nitrogens with zero attached hydrogens (tertiary/aromatic N) is 2. The molecule has 0 aliphatic heterocycles. The van der Waals surface area contributed by atoms with Crippen LogP contribution in [0.3, 0.4) is 0 Å². The number of methoxy groups -OCH3 is 2. The molecule has 1 aliphatic carbocycles. The number of rotatable bonds is 7. The van der Waals surface area contributed by atoms with Gasteiger partial charge in [0.2, 0.25) is 11.8 Å². The molecular formula is C20H27N3O4S. The molecule has 7 nitrogen and oxygen atoms in total. The number of hydrogen-bond donors (Lipinski definition) is 1. The summed E-state index contributed by atoms with van der Waals surface area (Å²) in [6.45, 7) is 4.06. The summed E-state index contributed by atoms with van der Waals surface area (Å²) in [7, 11) is 3.16. The van der Waals surface area contributed by atoms with Crippen LogP contribution in [0.4, 0.5) is 0 Å². The number of nitrogens with one attached hydrogen (secondary N) is 1. The van der Waals surface area contributed by atoms with Gasteiger partial charge >= 0.3 is 0 Å². The number of thioether (sulfide) groups is 1. The van der Waals surface area contributed by atoms with E-state index >= 15 is 0 Å². The van der Waals surface area contributed by atoms with E-state index in [1.165, 1.54) is 31.0 Å². The van der Waals surface area contributed by atoms with Crippen molar-refractivity contribution in [1.29, 1.82) is 0 Å². The van der Waals surface area contributed by atoms with Crippen molar-refractivity contribution in [3.63, 3.8) is 0 Å². The fourth-order valence-electron chi connectivity index (χ4n) is 3.38. The van der Waals surface area contributed by atoms with Crippen molar-refractivity contribution in [3.05, 3.63) is 18.2 Å². The third-order valence-electron chi connectivity index (χ3n) is 5.12. The SMILES string of the molecule is COc1ccc(-c2nnc(S[C@H](C)C(=O)N[C@H]3CCCC[C@@H]3C)o2)cc1OC. The monoisotopic (exact) mass is 405 g/mol. The van der Waals surface area contributed by atoms with Gasteiger partial charge in [0.1, 0.15) is 0 Å². The maximum Gasteiger partial charge on any atom is 0.277 e. The Morgan fingerprint density at radius 1 is 1.21 bits per heavy atom. The van der Waals surface area contributed by atoms with Crippen molar-refractivity contribution in [2.24, 2.45) is 5.92 Å². The summed E-state index contributed by atoms with van der Waals surface area (Å²) in [5.74, 6) is 2.12. The van der Waals surface area contributed by atoms with E-state index in [1.807, 2.05) is 13.0 Å². The fraction of sp³-hybridized carbons (Fsp3) is 0.550. The van der Waals surface area contributed by atoms with Crippen molar-refractivity contribution in [2.45, 2.75) is 56.0 Å². The molecule has 1 aromatic heterocycles. The van der Waals surface area contributed by atoms with E-state index < -0.39 is 0 Å². The van der Waals surface area contributed by atoms with Gasteiger partial charge in [0.15, 0.2) is 11.5 Å². The molecule has 2 aromatic rings. The zero-order valence-corrected chi connectivity index (χ0v) is 17.5. The molecule has 0 radical (unpaired) electrons. The molecule has 1 N–H and O–H groups in total. The van der Waals surface area contributed by atoms with E-state index in [0.717, 1.165) is 12.0 Å². The predicted molar refractivity (Wildman–Crippen MR) is 108 cm³/mol. The lowest BCUT2D eigenvalue weighted by Gasteiger charge is -2.30. The van der Waals surface area contributed by atoms with Gasteiger partial charge in [0, 0.05) is 11.6 Å². The molecule has 0 spiro atoms. The van der Waals surface area contributed by atoms with Crippen LogP contribution < -0.4 is 14.8 Å². The van der Waals surface area contributed by atoms with Crippen LogP contribution in [0.15, 0.2) is 27.8 Å². The maximum atomic E-state index is 12.5. The van der Waals surface area contributed by atoms with Crippen molar-refractivity contribution < 1.29 is 18.7 Å². The van der Waals surface area contributed by atoms with E-state index in [2.05, 4.69) is 22.4 Å². The summed E-state index contributed by atoms with van der Waals surface area (Å²) in [5.41, 5.74) is 0.727. The molecule has 1 heterocycles. The third kappa shape index (κ3) is 4.79. The number of amides is 1. The van der Waals surface area contributed by atoms with E-state index in [9.17, 15) is 4.79 Å². The zero-order chi connectivity index (χ0) is 20.1. The van der Waals surface area contributed by atoms with Gasteiger partial charge in [-0.25, -0.2) is 0 Å². The quantitative estimate of drug-likeness (QED) is 0.699. The first kappa shape index (κ1) is 20.5. The Labute approximate surface area is 169 Å². The highest BCUT2D eigenvalue weighted by molar-refractivity contribution is 8.00. The normalized spacial score (nSPS) is 20.4. The summed E-state index contributed by atoms with van der Waals surface area (Å²) in [6, 6.07) is 5.65. The molecule has 1 fully saturated rings. The smallest absolute Gasteiger partial charge is 0.277 e. The molecule has 0 unspecified atom stereocenters. The molecule has 0 saturated heterocycles. The van der Waals surface area contributed by atoms with Gasteiger partial charge in [-0.1, -0.05) is 31.5 Å². The van der Waals surface area contributed by atoms with Gasteiger partial charge in [-0.15, -0.1) is 10.2 Å². The van der Waals surface area contributed by atoms with Gasteiger partial charge in [0.05, 0.1) is 19.5 Å². The first-order valence-corrected chi connectivity index (χ1v) is 10.4. The van der Waals surface area contributed by atoms with Crippen LogP contribution in [-0.2, 0) is 4.79 Å². The zero-order valence-electron chi connectivity index (χ0n) is 16.7. The molecule has 152 valence electrons. The Bertz CT molecular complexity index is 810. The van der Waals surface area contributed by atoms with Crippen LogP contribution in [0.5, 0.6) is 11.5 Å². The molecule has 3 rings (SSSR count). The summed E-state index contributed by atoms with van der Waals surface area (Å²) < 4.78 is 16.3. The lowest BCUT2D eigenvalue weighted by Crippen LogP contribution is -2.44. The number of ether oxygens (including phenoxy) is 2. The van der Waals surface area contributed by atoms with Gasteiger partial charge in [0.25, 0.3) is 5.22 Å². The Morgan fingerprint density at radius 2 is 1.96 bits per heavy atom. The largest absolute Gasteiger partial charge is 0.493 e. The molecule has 8 heteroatoms. The summed E-state index contributed by atoms with van der Waals surface area (Å²) in [6.07, 6.45) is 4.65. The number of benzene rings is 1. The van der Waals surface area contributed by atoms with Crippen LogP contribution in [0.25, 0.3) is 11.5 Å². The van der Waals surface area contributed by atoms with Crippen molar-refractivity contribution in [3.8, 4) is 23.0 Å². The highest BCUT2D eigenvalue weighted by atomic mass is 32.2. The Balaban J connectivity index is 1.63. The van der Waals surface area contributed by atoms with Gasteiger partial charge in [-0.3, -0.25) is 4.79 Å². The third-order valence-corrected chi connectivity index (χ3v) is 6.06. The molecule has 1 aromatic carbocycles. The Kier molecular flexibility index (Phi) is 6.83. The molecule has 1 amide bonds. The second-order valence-corrected chi connectivity index (χ2v) is 8.37. The minimum atomic E-state index is -0.312. The molecule has 0 bridgehead atoms. The van der Waals surface area contributed by atoms with Crippen molar-refractivity contribution in [1.82, 2.24) is 15.5 Å². The average Bonchev–Trinajstić information content (AvgIpc) is 3.17. The number of hydrogen-bond acceptors (Lipinski definition) is 7. The van der Waals surface area contributed by atoms with Crippen LogP contribution in [0, 0.1) is 5.92 Å². The fourth-order valence-corrected chi connectivity index (χ4v) is 4.07. The maximum absolute atomic E-state index is 12.5. The van der Waals surface area contributed by atoms with Crippen molar-refractivity contribution >= 4 is 17.7 Å². The Hall–Kier alpha value is -2.22. The minimum Gasteiger partial charge on any atom is -0.493 e. The number of aromatic nitrogens is 2. The predicted octanol–water partition coefficient (Wildman–Crippen LogP) is 3.93. The topological polar surface area (TPSA) is 86.5 Å². The second kappa shape index (κ2) is 9.32. The standard InChI is InChI=1S/C20H27N3O4S/c1-12-7-5-6-8-15(12)21-18(24)13(2)28-20-23-22-19(27-20)14-9-10-16(25-3)17(11-14)26-4/h9-13,15H,5-8H2,1-4H3,(H,21,24)/t12-,13+,15-/m0/s1. The second-order valence-electron chi connectivity index (χ2n) is 7.08. The highest BCUT2D eigenvalue weighted by Crippen LogP contribution is 2.33. The number of carbonyl (C=O) groups is 1. The minimum absolute atomic E-state index is 0.00890. The van der Waals surface area contributed by atoms with Crippen LogP contribution in [0.2, 0.25) is 0 Å². The van der Waals surface area contributed by atoms with E-state index in [1.54, 1.807) is 26.4 Å². The first-order chi connectivity index (χ1) is 13.5. The van der Waals surface area contributed by atoms with Gasteiger partial charge in [-0.2, -0.15) is 0 Å². The Morgan fingerprint density at radius 3 is 2.68 bits per heavy atom. The van der Waals surface area contributed by atoms with Crippen molar-refractivity contribution in [2.75, 3.05) is 14.2 Å². The van der Waals surface area contributed by atoms with E-state index in [0.29, 0.717) is 28.5 Å². The average molecular weight is 406 g/mol. The lowest BCUT2D eigenvalue weighted by atomic mass is 9.86. The molecule has 28 heavy (non-hydrogen) atoms. The molecule has 3 atom stereocenters. The van der Waals surface area contributed by atoms with Crippen LogP contribution >= 0.6 is 11.8 Å². The summed E-state index contributed by atoms with van der Waals surface area (Å²) in [4.78, 5) is 12.5. The van der Waals surface area contributed by atoms with Crippen LogP contribution in [-0.4, -0.2) is 41.6 Å². The summed E-state index contributed by atoms with van der Waals surface area (Å²) in [5, 5.41) is 11.4. The van der Waals surface area contributed by atoms with Crippen LogP contribution in [0.1, 0.15) is 39.5 Å². The van der Waals surface area contributed by atoms with E-state index in [-0.39, 0.29) is 17.2 Å².